The van der Waals surface area contributed by atoms with E-state index in [0.29, 0.717) is 0 Å². The zero-order valence-electron chi connectivity index (χ0n) is 12.1. The minimum atomic E-state index is -2.60. The van der Waals surface area contributed by atoms with Crippen molar-refractivity contribution in [3.05, 3.63) is 29.8 Å². The second kappa shape index (κ2) is 5.72. The predicted molar refractivity (Wildman–Crippen MR) is 77.1 cm³/mol. The van der Waals surface area contributed by atoms with Crippen LogP contribution in [-0.4, -0.2) is 42.8 Å². The minimum Gasteiger partial charge on any atom is -0.760 e. The Morgan fingerprint density at radius 1 is 1.48 bits per heavy atom. The minimum absolute atomic E-state index is 0.0676. The van der Waals surface area contributed by atoms with Crippen molar-refractivity contribution < 1.29 is 18.8 Å². The maximum absolute atomic E-state index is 12.0. The van der Waals surface area contributed by atoms with E-state index in [9.17, 15) is 13.6 Å². The first kappa shape index (κ1) is 15.9. The zero-order chi connectivity index (χ0) is 15.8. The summed E-state index contributed by atoms with van der Waals surface area (Å²) in [5, 5.41) is 8.97. The summed E-state index contributed by atoms with van der Waals surface area (Å²) in [5.74, 6) is -0.760. The van der Waals surface area contributed by atoms with Gasteiger partial charge in [-0.1, -0.05) is 18.2 Å². The number of hydrogen-bond acceptors (Lipinski definition) is 5. The third-order valence-electron chi connectivity index (χ3n) is 4.05. The van der Waals surface area contributed by atoms with Gasteiger partial charge in [0.25, 0.3) is 5.91 Å². The predicted octanol–water partition coefficient (Wildman–Crippen LogP) is 0.385. The van der Waals surface area contributed by atoms with Gasteiger partial charge in [0.15, 0.2) is 0 Å². The maximum Gasteiger partial charge on any atom is 0.264 e. The third kappa shape index (κ3) is 2.67. The van der Waals surface area contributed by atoms with Gasteiger partial charge in [0, 0.05) is 30.5 Å². The van der Waals surface area contributed by atoms with E-state index in [1.54, 1.807) is 26.4 Å². The van der Waals surface area contributed by atoms with Crippen LogP contribution in [0, 0.1) is 0 Å². The molecule has 8 heteroatoms. The van der Waals surface area contributed by atoms with Crippen molar-refractivity contribution in [3.8, 4) is 0 Å². The summed E-state index contributed by atoms with van der Waals surface area (Å²) in [7, 11) is 1.80. The molecule has 2 unspecified atom stereocenters. The molecule has 1 aliphatic heterocycles. The smallest absolute Gasteiger partial charge is 0.264 e. The number of para-hydroxylation sites is 1. The van der Waals surface area contributed by atoms with Crippen molar-refractivity contribution >= 4 is 22.9 Å². The van der Waals surface area contributed by atoms with E-state index in [2.05, 4.69) is 0 Å². The Hall–Kier alpha value is -1.48. The van der Waals surface area contributed by atoms with Gasteiger partial charge in [-0.2, -0.15) is 0 Å². The fourth-order valence-corrected chi connectivity index (χ4v) is 3.50. The van der Waals surface area contributed by atoms with Crippen LogP contribution in [0.2, 0.25) is 0 Å². The number of anilines is 1. The van der Waals surface area contributed by atoms with Crippen LogP contribution in [0.4, 0.5) is 5.69 Å². The average Bonchev–Trinajstić information content (AvgIpc) is 2.53. The number of hydrogen-bond donors (Lipinski definition) is 2. The summed E-state index contributed by atoms with van der Waals surface area (Å²) in [6.07, 6.45) is 0. The van der Waals surface area contributed by atoms with Gasteiger partial charge in [-0.05, 0) is 25.5 Å². The molecule has 0 aromatic heterocycles. The number of likely N-dealkylation sites (N-methyl/N-ethyl adjacent to an activating group) is 1. The van der Waals surface area contributed by atoms with E-state index in [1.165, 1.54) is 0 Å². The standard InChI is InChI=1S/C13H19N3O4S/c1-13(2)11(12(17)14-18)16(21(19)20)8-9-6-4-5-7-10(9)15(13)3/h4-7,11,18H,8H2,1-3H3,(H,14,17)(H,19,20)/p-1. The Bertz CT molecular complexity index is 578. The number of fused-ring (bicyclic) bond motifs is 1. The number of hydroxylamine groups is 1. The van der Waals surface area contributed by atoms with Crippen molar-refractivity contribution in [2.45, 2.75) is 32.0 Å². The van der Waals surface area contributed by atoms with Crippen molar-refractivity contribution in [1.29, 1.82) is 0 Å². The summed E-state index contributed by atoms with van der Waals surface area (Å²) >= 11 is -2.60. The highest BCUT2D eigenvalue weighted by atomic mass is 32.2. The molecule has 21 heavy (non-hydrogen) atoms. The molecule has 1 amide bonds. The van der Waals surface area contributed by atoms with E-state index in [-0.39, 0.29) is 6.54 Å². The van der Waals surface area contributed by atoms with Crippen molar-refractivity contribution in [3.63, 3.8) is 0 Å². The molecule has 2 atom stereocenters. The van der Waals surface area contributed by atoms with Crippen LogP contribution in [0.5, 0.6) is 0 Å². The Balaban J connectivity index is 2.62. The molecule has 7 nitrogen and oxygen atoms in total. The number of nitrogens with zero attached hydrogens (tertiary/aromatic N) is 2. The molecule has 2 rings (SSSR count). The molecule has 1 aliphatic rings. The summed E-state index contributed by atoms with van der Waals surface area (Å²) in [4.78, 5) is 13.9. The van der Waals surface area contributed by atoms with Gasteiger partial charge in [-0.3, -0.25) is 14.2 Å². The van der Waals surface area contributed by atoms with Crippen LogP contribution in [0.15, 0.2) is 24.3 Å². The van der Waals surface area contributed by atoms with Crippen LogP contribution in [0.25, 0.3) is 0 Å². The molecule has 0 saturated heterocycles. The summed E-state index contributed by atoms with van der Waals surface area (Å²) in [5.41, 5.74) is 2.37. The fourth-order valence-electron chi connectivity index (χ4n) is 2.73. The number of carbonyl (C=O) groups excluding carboxylic acids is 1. The topological polar surface area (TPSA) is 95.9 Å². The Morgan fingerprint density at radius 3 is 2.67 bits per heavy atom. The van der Waals surface area contributed by atoms with Gasteiger partial charge in [0.1, 0.15) is 6.04 Å². The van der Waals surface area contributed by atoms with Crippen LogP contribution in [-0.2, 0) is 22.6 Å². The molecule has 0 aliphatic carbocycles. The highest BCUT2D eigenvalue weighted by Gasteiger charge is 2.45. The van der Waals surface area contributed by atoms with E-state index >= 15 is 0 Å². The largest absolute Gasteiger partial charge is 0.760 e. The second-order valence-corrected chi connectivity index (χ2v) is 6.42. The van der Waals surface area contributed by atoms with E-state index in [0.717, 1.165) is 15.6 Å². The van der Waals surface area contributed by atoms with Gasteiger partial charge < -0.3 is 9.45 Å². The first-order chi connectivity index (χ1) is 9.80. The number of benzene rings is 1. The normalized spacial score (nSPS) is 23.1. The molecule has 0 spiro atoms. The van der Waals surface area contributed by atoms with Crippen LogP contribution in [0.1, 0.15) is 19.4 Å². The molecular formula is C13H18N3O4S-. The Morgan fingerprint density at radius 2 is 2.10 bits per heavy atom. The summed E-state index contributed by atoms with van der Waals surface area (Å²) in [6.45, 7) is 3.59. The molecule has 1 heterocycles. The van der Waals surface area contributed by atoms with Crippen LogP contribution < -0.4 is 10.4 Å². The first-order valence-corrected chi connectivity index (χ1v) is 7.45. The first-order valence-electron chi connectivity index (χ1n) is 6.42. The maximum atomic E-state index is 12.0. The molecule has 0 bridgehead atoms. The lowest BCUT2D eigenvalue weighted by molar-refractivity contribution is -0.135. The lowest BCUT2D eigenvalue weighted by atomic mass is 9.92. The second-order valence-electron chi connectivity index (χ2n) is 5.51. The highest BCUT2D eigenvalue weighted by Crippen LogP contribution is 2.35. The van der Waals surface area contributed by atoms with Crippen molar-refractivity contribution in [2.24, 2.45) is 0 Å². The molecule has 0 radical (unpaired) electrons. The Labute approximate surface area is 125 Å². The average molecular weight is 312 g/mol. The molecule has 116 valence electrons. The number of rotatable bonds is 2. The fraction of sp³-hybridized carbons (Fsp3) is 0.462. The number of nitrogens with one attached hydrogen (secondary N) is 1. The van der Waals surface area contributed by atoms with E-state index in [1.807, 2.05) is 29.2 Å². The van der Waals surface area contributed by atoms with E-state index < -0.39 is 28.8 Å². The molecule has 2 N–H and O–H groups in total. The SMILES string of the molecule is CN1c2ccccc2CN(S(=O)[O-])C(C(=O)NO)C1(C)C. The van der Waals surface area contributed by atoms with Crippen LogP contribution in [0.3, 0.4) is 0 Å². The van der Waals surface area contributed by atoms with Crippen LogP contribution >= 0.6 is 0 Å². The lowest BCUT2D eigenvalue weighted by Gasteiger charge is -2.44. The molecule has 1 aromatic carbocycles. The molecule has 0 fully saturated rings. The molecular weight excluding hydrogens is 294 g/mol. The quantitative estimate of drug-likeness (QED) is 0.468. The van der Waals surface area contributed by atoms with E-state index in [4.69, 9.17) is 5.21 Å². The van der Waals surface area contributed by atoms with Gasteiger partial charge in [-0.15, -0.1) is 0 Å². The van der Waals surface area contributed by atoms with Crippen molar-refractivity contribution in [1.82, 2.24) is 9.79 Å². The summed E-state index contributed by atoms with van der Waals surface area (Å²) < 4.78 is 24.2. The van der Waals surface area contributed by atoms with Gasteiger partial charge in [-0.25, -0.2) is 9.79 Å². The van der Waals surface area contributed by atoms with Crippen molar-refractivity contribution in [2.75, 3.05) is 11.9 Å². The number of carbonyl (C=O) groups is 1. The van der Waals surface area contributed by atoms with Gasteiger partial charge in [0.2, 0.25) is 0 Å². The zero-order valence-corrected chi connectivity index (χ0v) is 12.9. The van der Waals surface area contributed by atoms with Gasteiger partial charge in [0.05, 0.1) is 5.54 Å². The highest BCUT2D eigenvalue weighted by molar-refractivity contribution is 7.76. The monoisotopic (exact) mass is 312 g/mol. The Kier molecular flexibility index (Phi) is 4.33. The molecule has 1 aromatic rings. The molecule has 0 saturated carbocycles. The number of amides is 1. The lowest BCUT2D eigenvalue weighted by Crippen LogP contribution is -2.62. The summed E-state index contributed by atoms with van der Waals surface area (Å²) in [6, 6.07) is 6.32. The third-order valence-corrected chi connectivity index (χ3v) is 4.77. The van der Waals surface area contributed by atoms with Gasteiger partial charge >= 0.3 is 0 Å².